The fourth-order valence-corrected chi connectivity index (χ4v) is 3.34. The molecular weight excluding hydrogens is 268 g/mol. The summed E-state index contributed by atoms with van der Waals surface area (Å²) in [7, 11) is 1.80. The molecule has 1 aromatic rings. The monoisotopic (exact) mass is 294 g/mol. The van der Waals surface area contributed by atoms with Crippen LogP contribution < -0.4 is 0 Å². The predicted molar refractivity (Wildman–Crippen MR) is 84.4 cm³/mol. The topological polar surface area (TPSA) is 37.9 Å². The number of nitrogens with one attached hydrogen (secondary N) is 1. The number of ether oxygens (including phenoxy) is 1. The molecule has 4 heteroatoms. The number of methoxy groups -OCH3 is 1. The van der Waals surface area contributed by atoms with Gasteiger partial charge in [0.2, 0.25) is 0 Å². The Labute approximate surface area is 127 Å². The average Bonchev–Trinajstić information content (AvgIpc) is 2.63. The Bertz CT molecular complexity index is 487. The van der Waals surface area contributed by atoms with E-state index in [1.54, 1.807) is 7.11 Å². The number of hydrogen-bond acceptors (Lipinski definition) is 3. The van der Waals surface area contributed by atoms with E-state index in [-0.39, 0.29) is 5.60 Å². The van der Waals surface area contributed by atoms with E-state index in [1.165, 1.54) is 31.4 Å². The number of H-pyrrole nitrogens is 1. The lowest BCUT2D eigenvalue weighted by Crippen LogP contribution is -2.31. The number of aromatic nitrogens is 2. The second kappa shape index (κ2) is 6.81. The third-order valence-electron chi connectivity index (χ3n) is 4.16. The van der Waals surface area contributed by atoms with Crippen molar-refractivity contribution in [1.82, 2.24) is 9.97 Å². The fourth-order valence-electron chi connectivity index (χ4n) is 3.11. The molecule has 1 aliphatic carbocycles. The lowest BCUT2D eigenvalue weighted by Gasteiger charge is -2.30. The summed E-state index contributed by atoms with van der Waals surface area (Å²) in [6.45, 7) is 4.43. The van der Waals surface area contributed by atoms with Gasteiger partial charge in [-0.15, -0.1) is 0 Å². The highest BCUT2D eigenvalue weighted by atomic mass is 32.1. The number of hydrogen-bond donors (Lipinski definition) is 1. The van der Waals surface area contributed by atoms with Crippen LogP contribution in [0.15, 0.2) is 6.07 Å². The van der Waals surface area contributed by atoms with Gasteiger partial charge in [0.05, 0.1) is 0 Å². The molecule has 0 aliphatic heterocycles. The zero-order chi connectivity index (χ0) is 14.6. The number of rotatable bonds is 4. The van der Waals surface area contributed by atoms with Gasteiger partial charge in [-0.1, -0.05) is 51.7 Å². The Kier molecular flexibility index (Phi) is 5.33. The van der Waals surface area contributed by atoms with Crippen molar-refractivity contribution in [2.45, 2.75) is 64.4 Å². The van der Waals surface area contributed by atoms with Gasteiger partial charge in [-0.3, -0.25) is 0 Å². The van der Waals surface area contributed by atoms with Gasteiger partial charge in [-0.25, -0.2) is 4.98 Å². The quantitative estimate of drug-likeness (QED) is 0.654. The Morgan fingerprint density at radius 1 is 1.30 bits per heavy atom. The van der Waals surface area contributed by atoms with Crippen LogP contribution in [-0.4, -0.2) is 17.1 Å². The predicted octanol–water partition coefficient (Wildman–Crippen LogP) is 4.53. The summed E-state index contributed by atoms with van der Waals surface area (Å²) in [5, 5.41) is 0. The van der Waals surface area contributed by atoms with Crippen LogP contribution in [0.5, 0.6) is 0 Å². The zero-order valence-corrected chi connectivity index (χ0v) is 13.7. The first kappa shape index (κ1) is 15.6. The van der Waals surface area contributed by atoms with Crippen molar-refractivity contribution >= 4 is 12.2 Å². The third-order valence-corrected chi connectivity index (χ3v) is 4.37. The summed E-state index contributed by atoms with van der Waals surface area (Å²) in [5.74, 6) is 1.54. The molecule has 1 fully saturated rings. The molecule has 2 rings (SSSR count). The second-order valence-corrected chi connectivity index (χ2v) is 6.72. The Morgan fingerprint density at radius 2 is 1.95 bits per heavy atom. The van der Waals surface area contributed by atoms with E-state index in [1.807, 2.05) is 6.07 Å². The van der Waals surface area contributed by atoms with Crippen LogP contribution in [0.3, 0.4) is 0 Å². The van der Waals surface area contributed by atoms with Crippen LogP contribution in [0.1, 0.15) is 63.9 Å². The van der Waals surface area contributed by atoms with E-state index in [0.717, 1.165) is 25.1 Å². The maximum absolute atomic E-state index is 5.92. The van der Waals surface area contributed by atoms with Gasteiger partial charge in [0.15, 0.2) is 0 Å². The fraction of sp³-hybridized carbons (Fsp3) is 0.750. The van der Waals surface area contributed by atoms with Gasteiger partial charge in [0.1, 0.15) is 16.1 Å². The lowest BCUT2D eigenvalue weighted by molar-refractivity contribution is -0.0354. The number of nitrogens with zero attached hydrogens (tertiary/aromatic N) is 1. The van der Waals surface area contributed by atoms with E-state index in [2.05, 4.69) is 23.8 Å². The molecule has 1 aromatic heterocycles. The van der Waals surface area contributed by atoms with Crippen LogP contribution in [-0.2, 0) is 16.8 Å². The van der Waals surface area contributed by atoms with Gasteiger partial charge in [-0.05, 0) is 31.2 Å². The van der Waals surface area contributed by atoms with E-state index >= 15 is 0 Å². The molecule has 1 aliphatic rings. The van der Waals surface area contributed by atoms with Crippen molar-refractivity contribution in [1.29, 1.82) is 0 Å². The van der Waals surface area contributed by atoms with Gasteiger partial charge in [-0.2, -0.15) is 0 Å². The minimum absolute atomic E-state index is 0.267. The van der Waals surface area contributed by atoms with Crippen molar-refractivity contribution in [3.05, 3.63) is 22.2 Å². The highest BCUT2D eigenvalue weighted by molar-refractivity contribution is 7.71. The molecule has 0 radical (unpaired) electrons. The summed E-state index contributed by atoms with van der Waals surface area (Å²) in [6, 6.07) is 1.99. The minimum Gasteiger partial charge on any atom is -0.370 e. The first-order valence-corrected chi connectivity index (χ1v) is 8.12. The average molecular weight is 294 g/mol. The molecule has 20 heavy (non-hydrogen) atoms. The third kappa shape index (κ3) is 3.67. The second-order valence-electron chi connectivity index (χ2n) is 6.30. The molecule has 0 unspecified atom stereocenters. The van der Waals surface area contributed by atoms with E-state index in [4.69, 9.17) is 17.0 Å². The van der Waals surface area contributed by atoms with Crippen LogP contribution in [0.4, 0.5) is 0 Å². The summed E-state index contributed by atoms with van der Waals surface area (Å²) in [5.41, 5.74) is 0.910. The van der Waals surface area contributed by atoms with Gasteiger partial charge in [0.25, 0.3) is 0 Å². The molecule has 0 saturated heterocycles. The smallest absolute Gasteiger partial charge is 0.140 e. The summed E-state index contributed by atoms with van der Waals surface area (Å²) < 4.78 is 6.60. The Hall–Kier alpha value is -0.740. The maximum atomic E-state index is 5.92. The van der Waals surface area contributed by atoms with Crippen LogP contribution in [0.25, 0.3) is 0 Å². The summed E-state index contributed by atoms with van der Waals surface area (Å²) in [4.78, 5) is 8.09. The Balaban J connectivity index is 2.37. The molecule has 0 spiro atoms. The maximum Gasteiger partial charge on any atom is 0.140 e. The zero-order valence-electron chi connectivity index (χ0n) is 12.9. The van der Waals surface area contributed by atoms with Crippen molar-refractivity contribution in [3.63, 3.8) is 0 Å². The van der Waals surface area contributed by atoms with E-state index in [9.17, 15) is 0 Å². The highest BCUT2D eigenvalue weighted by Gasteiger charge is 2.35. The molecule has 1 saturated carbocycles. The molecule has 0 bridgehead atoms. The number of aromatic amines is 1. The normalized spacial score (nSPS) is 19.0. The van der Waals surface area contributed by atoms with Gasteiger partial charge in [0, 0.05) is 12.8 Å². The van der Waals surface area contributed by atoms with Crippen LogP contribution in [0.2, 0.25) is 0 Å². The highest BCUT2D eigenvalue weighted by Crippen LogP contribution is 2.37. The summed E-state index contributed by atoms with van der Waals surface area (Å²) in [6.07, 6.45) is 8.04. The van der Waals surface area contributed by atoms with Crippen molar-refractivity contribution < 1.29 is 4.74 Å². The first-order chi connectivity index (χ1) is 9.55. The van der Waals surface area contributed by atoms with Gasteiger partial charge < -0.3 is 9.72 Å². The molecule has 0 atom stereocenters. The van der Waals surface area contributed by atoms with Crippen molar-refractivity contribution in [2.75, 3.05) is 7.11 Å². The largest absolute Gasteiger partial charge is 0.370 e. The summed E-state index contributed by atoms with van der Waals surface area (Å²) >= 11 is 5.35. The van der Waals surface area contributed by atoms with Crippen LogP contribution >= 0.6 is 12.2 Å². The minimum atomic E-state index is -0.267. The van der Waals surface area contributed by atoms with Gasteiger partial charge >= 0.3 is 0 Å². The van der Waals surface area contributed by atoms with Crippen molar-refractivity contribution in [3.8, 4) is 0 Å². The molecule has 1 N–H and O–H groups in total. The molecule has 1 heterocycles. The van der Waals surface area contributed by atoms with E-state index < -0.39 is 0 Å². The molecular formula is C16H26N2OS. The molecule has 112 valence electrons. The van der Waals surface area contributed by atoms with Crippen LogP contribution in [0, 0.1) is 10.6 Å². The first-order valence-electron chi connectivity index (χ1n) is 7.71. The standard InChI is InChI=1S/C16H26N2OS/c1-12(2)10-13-11-14(20)18-15(17-13)16(19-3)8-6-4-5-7-9-16/h11-12H,4-10H2,1-3H3,(H,17,18,20). The lowest BCUT2D eigenvalue weighted by atomic mass is 9.93. The van der Waals surface area contributed by atoms with E-state index in [0.29, 0.717) is 10.6 Å². The Morgan fingerprint density at radius 3 is 2.50 bits per heavy atom. The van der Waals surface area contributed by atoms with Crippen molar-refractivity contribution in [2.24, 2.45) is 5.92 Å². The SMILES string of the molecule is COC1(c2nc(=S)cc(CC(C)C)[nH]2)CCCCCC1. The molecule has 3 nitrogen and oxygen atoms in total. The molecule has 0 aromatic carbocycles. The molecule has 0 amide bonds.